The minimum absolute atomic E-state index is 0.373. The van der Waals surface area contributed by atoms with Crippen molar-refractivity contribution < 1.29 is 14.3 Å². The van der Waals surface area contributed by atoms with Gasteiger partial charge in [0.05, 0.1) is 6.20 Å². The summed E-state index contributed by atoms with van der Waals surface area (Å²) < 4.78 is 15.5. The molecule has 2 aliphatic rings. The number of aliphatic carboxylic acids is 1. The number of anilines is 1. The van der Waals surface area contributed by atoms with Crippen molar-refractivity contribution in [3.8, 4) is 11.5 Å². The van der Waals surface area contributed by atoms with Gasteiger partial charge in [0.2, 0.25) is 0 Å². The summed E-state index contributed by atoms with van der Waals surface area (Å²) >= 11 is 0. The minimum Gasteiger partial charge on any atom is -0.480 e. The lowest BCUT2D eigenvalue weighted by molar-refractivity contribution is -0.138. The number of fused-ring (bicyclic) bond motifs is 1. The Morgan fingerprint density at radius 3 is 2.97 bits per heavy atom. The number of carbonyl (C=O) groups is 1. The van der Waals surface area contributed by atoms with Gasteiger partial charge >= 0.3 is 5.97 Å². The van der Waals surface area contributed by atoms with Crippen LogP contribution in [0.3, 0.4) is 0 Å². The lowest BCUT2D eigenvalue weighted by Crippen LogP contribution is -2.36. The number of imidazole rings is 1. The first kappa shape index (κ1) is 19.9. The molecule has 0 bridgehead atoms. The van der Waals surface area contributed by atoms with Crippen molar-refractivity contribution in [3.05, 3.63) is 42.1 Å². The van der Waals surface area contributed by atoms with E-state index in [0.717, 1.165) is 44.5 Å². The summed E-state index contributed by atoms with van der Waals surface area (Å²) in [5, 5.41) is 13.1. The maximum Gasteiger partial charge on any atom is 0.326 e. The fraction of sp³-hybridized carbons (Fsp3) is 0.455. The zero-order valence-electron chi connectivity index (χ0n) is 17.2. The molecular weight excluding hydrogens is 399 g/mol. The minimum atomic E-state index is -0.840. The van der Waals surface area contributed by atoms with Crippen molar-refractivity contribution in [1.82, 2.24) is 24.7 Å². The second kappa shape index (κ2) is 8.22. The maximum absolute atomic E-state index is 13.9. The standard InChI is InChI=1S/C22H25FN6O2/c23-15-5-6-19-25-12-18(29(19)13-15)21-26-16(9-14-3-1-7-24-11-14)10-20(27-21)28-8-2-4-17(28)22(30)31/h5-6,10,12-14,17,24H,1-4,7-9,11H2,(H,30,31)/t14-,17-/m0/s1. The Morgan fingerprint density at radius 2 is 2.16 bits per heavy atom. The van der Waals surface area contributed by atoms with Crippen LogP contribution in [0.15, 0.2) is 30.6 Å². The van der Waals surface area contributed by atoms with Crippen molar-refractivity contribution in [2.45, 2.75) is 38.1 Å². The third-order valence-electron chi connectivity index (χ3n) is 6.19. The maximum atomic E-state index is 13.9. The van der Waals surface area contributed by atoms with Crippen LogP contribution in [-0.2, 0) is 11.2 Å². The molecule has 2 fully saturated rings. The molecule has 0 spiro atoms. The topological polar surface area (TPSA) is 95.7 Å². The number of hydrogen-bond acceptors (Lipinski definition) is 6. The first-order valence-corrected chi connectivity index (χ1v) is 10.8. The number of hydrogen-bond donors (Lipinski definition) is 2. The molecule has 5 heterocycles. The molecule has 0 amide bonds. The average molecular weight is 424 g/mol. The van der Waals surface area contributed by atoms with Gasteiger partial charge in [-0.2, -0.15) is 0 Å². The van der Waals surface area contributed by atoms with Gasteiger partial charge in [-0.3, -0.25) is 4.40 Å². The Labute approximate surface area is 179 Å². The van der Waals surface area contributed by atoms with E-state index in [1.165, 1.54) is 12.3 Å². The molecule has 2 saturated heterocycles. The number of piperidine rings is 1. The molecule has 0 saturated carbocycles. The molecule has 3 aromatic rings. The fourth-order valence-corrected chi connectivity index (χ4v) is 4.66. The summed E-state index contributed by atoms with van der Waals surface area (Å²) in [6, 6.07) is 4.31. The molecule has 3 aromatic heterocycles. The van der Waals surface area contributed by atoms with Crippen molar-refractivity contribution in [2.75, 3.05) is 24.5 Å². The quantitative estimate of drug-likeness (QED) is 0.650. The third-order valence-corrected chi connectivity index (χ3v) is 6.19. The number of rotatable bonds is 5. The highest BCUT2D eigenvalue weighted by Crippen LogP contribution is 2.29. The van der Waals surface area contributed by atoms with E-state index in [0.29, 0.717) is 41.9 Å². The smallest absolute Gasteiger partial charge is 0.326 e. The first-order valence-electron chi connectivity index (χ1n) is 10.8. The molecular formula is C22H25FN6O2. The number of carboxylic acids is 1. The predicted octanol–water partition coefficient (Wildman–Crippen LogP) is 2.53. The van der Waals surface area contributed by atoms with Gasteiger partial charge < -0.3 is 15.3 Å². The number of carboxylic acid groups (broad SMARTS) is 1. The molecule has 2 atom stereocenters. The molecule has 31 heavy (non-hydrogen) atoms. The normalized spacial score (nSPS) is 21.6. The lowest BCUT2D eigenvalue weighted by atomic mass is 9.94. The highest BCUT2D eigenvalue weighted by Gasteiger charge is 2.32. The van der Waals surface area contributed by atoms with E-state index in [-0.39, 0.29) is 5.82 Å². The number of nitrogens with one attached hydrogen (secondary N) is 1. The van der Waals surface area contributed by atoms with Gasteiger partial charge in [-0.1, -0.05) is 0 Å². The van der Waals surface area contributed by atoms with Crippen LogP contribution in [-0.4, -0.2) is 56.1 Å². The SMILES string of the molecule is O=C(O)[C@@H]1CCCN1c1cc(C[C@@H]2CCCNC2)nc(-c2cnc3ccc(F)cn23)n1. The molecule has 0 aliphatic carbocycles. The second-order valence-corrected chi connectivity index (χ2v) is 8.37. The van der Waals surface area contributed by atoms with Crippen LogP contribution in [0.4, 0.5) is 10.2 Å². The van der Waals surface area contributed by atoms with Gasteiger partial charge in [0, 0.05) is 24.5 Å². The fourth-order valence-electron chi connectivity index (χ4n) is 4.66. The highest BCUT2D eigenvalue weighted by atomic mass is 19.1. The van der Waals surface area contributed by atoms with Crippen molar-refractivity contribution in [1.29, 1.82) is 0 Å². The Morgan fingerprint density at radius 1 is 1.26 bits per heavy atom. The molecule has 0 aromatic carbocycles. The zero-order valence-corrected chi connectivity index (χ0v) is 17.2. The van der Waals surface area contributed by atoms with E-state index in [1.54, 1.807) is 16.7 Å². The summed E-state index contributed by atoms with van der Waals surface area (Å²) in [5.41, 5.74) is 2.06. The van der Waals surface area contributed by atoms with E-state index in [4.69, 9.17) is 9.97 Å². The van der Waals surface area contributed by atoms with Crippen LogP contribution < -0.4 is 10.2 Å². The summed E-state index contributed by atoms with van der Waals surface area (Å²) in [7, 11) is 0. The monoisotopic (exact) mass is 424 g/mol. The van der Waals surface area contributed by atoms with Crippen LogP contribution in [0.1, 0.15) is 31.4 Å². The van der Waals surface area contributed by atoms with E-state index >= 15 is 0 Å². The van der Waals surface area contributed by atoms with E-state index in [2.05, 4.69) is 10.3 Å². The number of halogens is 1. The molecule has 0 unspecified atom stereocenters. The largest absolute Gasteiger partial charge is 0.480 e. The second-order valence-electron chi connectivity index (χ2n) is 8.37. The van der Waals surface area contributed by atoms with Crippen LogP contribution >= 0.6 is 0 Å². The predicted molar refractivity (Wildman–Crippen MR) is 113 cm³/mol. The van der Waals surface area contributed by atoms with Crippen LogP contribution in [0.5, 0.6) is 0 Å². The van der Waals surface area contributed by atoms with Crippen LogP contribution in [0, 0.1) is 11.7 Å². The molecule has 162 valence electrons. The van der Waals surface area contributed by atoms with Gasteiger partial charge in [0.1, 0.15) is 29.0 Å². The van der Waals surface area contributed by atoms with Gasteiger partial charge in [-0.25, -0.2) is 24.1 Å². The molecule has 0 radical (unpaired) electrons. The van der Waals surface area contributed by atoms with Gasteiger partial charge in [-0.15, -0.1) is 0 Å². The zero-order chi connectivity index (χ0) is 21.4. The summed E-state index contributed by atoms with van der Waals surface area (Å²) in [5.74, 6) is 0.303. The number of nitrogens with zero attached hydrogens (tertiary/aromatic N) is 5. The number of pyridine rings is 1. The Hall–Kier alpha value is -3.07. The van der Waals surface area contributed by atoms with Crippen LogP contribution in [0.25, 0.3) is 17.2 Å². The van der Waals surface area contributed by atoms with Crippen LogP contribution in [0.2, 0.25) is 0 Å². The van der Waals surface area contributed by atoms with Gasteiger partial charge in [-0.05, 0) is 63.2 Å². The Bertz CT molecular complexity index is 1110. The molecule has 2 N–H and O–H groups in total. The Balaban J connectivity index is 1.58. The Kier molecular flexibility index (Phi) is 5.27. The summed E-state index contributed by atoms with van der Waals surface area (Å²) in [6.45, 7) is 2.62. The van der Waals surface area contributed by atoms with Gasteiger partial charge in [0.25, 0.3) is 0 Å². The van der Waals surface area contributed by atoms with E-state index in [1.807, 2.05) is 11.0 Å². The first-order chi connectivity index (χ1) is 15.1. The summed E-state index contributed by atoms with van der Waals surface area (Å²) in [6.07, 6.45) is 7.45. The van der Waals surface area contributed by atoms with Crippen molar-refractivity contribution in [2.24, 2.45) is 5.92 Å². The lowest BCUT2D eigenvalue weighted by Gasteiger charge is -2.25. The molecule has 5 rings (SSSR count). The van der Waals surface area contributed by atoms with Gasteiger partial charge in [0.15, 0.2) is 5.82 Å². The molecule has 9 heteroatoms. The average Bonchev–Trinajstić information content (AvgIpc) is 3.41. The van der Waals surface area contributed by atoms with E-state index in [9.17, 15) is 14.3 Å². The third kappa shape index (κ3) is 3.97. The molecule has 2 aliphatic heterocycles. The van der Waals surface area contributed by atoms with Crippen molar-refractivity contribution >= 4 is 17.4 Å². The highest BCUT2D eigenvalue weighted by molar-refractivity contribution is 5.78. The molecule has 8 nitrogen and oxygen atoms in total. The summed E-state index contributed by atoms with van der Waals surface area (Å²) in [4.78, 5) is 27.5. The van der Waals surface area contributed by atoms with E-state index < -0.39 is 12.0 Å². The van der Waals surface area contributed by atoms with Crippen molar-refractivity contribution in [3.63, 3.8) is 0 Å². The number of aromatic nitrogens is 4.